The van der Waals surface area contributed by atoms with Gasteiger partial charge in [0.05, 0.1) is 22.8 Å². The smallest absolute Gasteiger partial charge is 0.416 e. The summed E-state index contributed by atoms with van der Waals surface area (Å²) in [6.45, 7) is 2.28. The number of anilines is 1. The molecule has 0 saturated heterocycles. The molecular formula is C23H19ClF3NO3S. The van der Waals surface area contributed by atoms with Gasteiger partial charge in [-0.1, -0.05) is 30.7 Å². The van der Waals surface area contributed by atoms with Gasteiger partial charge < -0.3 is 14.2 Å². The van der Waals surface area contributed by atoms with Crippen LogP contribution in [0, 0.1) is 0 Å². The molecule has 168 valence electrons. The maximum Gasteiger partial charge on any atom is 0.416 e. The Morgan fingerprint density at radius 1 is 1.06 bits per heavy atom. The molecule has 0 bridgehead atoms. The number of ether oxygens (including phenoxy) is 2. The first-order valence-corrected chi connectivity index (χ1v) is 10.8. The number of alkyl halides is 3. The van der Waals surface area contributed by atoms with Crippen molar-refractivity contribution in [3.8, 4) is 11.5 Å². The number of nitrogens with one attached hydrogen (secondary N) is 1. The van der Waals surface area contributed by atoms with Gasteiger partial charge >= 0.3 is 12.1 Å². The van der Waals surface area contributed by atoms with E-state index in [1.807, 2.05) is 19.1 Å². The van der Waals surface area contributed by atoms with Crippen LogP contribution < -0.4 is 9.46 Å². The van der Waals surface area contributed by atoms with Gasteiger partial charge in [0.25, 0.3) is 0 Å². The molecule has 0 aliphatic rings. The standard InChI is InChI=1S/C23H19ClF3NO3S/c1-2-13-30-22(29)18-5-3-4-6-21(18)32-28-16-8-10-17(11-9-16)31-20-12-7-15(14-19(20)24)23(25,26)27/h3-12,14,28H,2,13H2,1H3. The number of carbonyl (C=O) groups is 1. The van der Waals surface area contributed by atoms with Crippen LogP contribution in [0.3, 0.4) is 0 Å². The number of esters is 1. The van der Waals surface area contributed by atoms with Crippen molar-refractivity contribution in [3.05, 3.63) is 82.9 Å². The van der Waals surface area contributed by atoms with E-state index in [-0.39, 0.29) is 16.7 Å². The monoisotopic (exact) mass is 481 g/mol. The molecule has 32 heavy (non-hydrogen) atoms. The van der Waals surface area contributed by atoms with Crippen LogP contribution >= 0.6 is 23.5 Å². The number of benzene rings is 3. The molecule has 0 heterocycles. The van der Waals surface area contributed by atoms with Gasteiger partial charge in [0, 0.05) is 10.6 Å². The number of halogens is 4. The summed E-state index contributed by atoms with van der Waals surface area (Å²) in [4.78, 5) is 12.9. The van der Waals surface area contributed by atoms with Gasteiger partial charge in [0.2, 0.25) is 0 Å². The van der Waals surface area contributed by atoms with Crippen molar-refractivity contribution in [2.45, 2.75) is 24.4 Å². The van der Waals surface area contributed by atoms with E-state index in [1.54, 1.807) is 36.4 Å². The third-order valence-electron chi connectivity index (χ3n) is 4.16. The van der Waals surface area contributed by atoms with Crippen molar-refractivity contribution in [1.82, 2.24) is 0 Å². The van der Waals surface area contributed by atoms with E-state index in [1.165, 1.54) is 18.0 Å². The Kier molecular flexibility index (Phi) is 7.93. The normalized spacial score (nSPS) is 11.2. The lowest BCUT2D eigenvalue weighted by atomic mass is 10.2. The molecular weight excluding hydrogens is 463 g/mol. The van der Waals surface area contributed by atoms with E-state index in [2.05, 4.69) is 4.72 Å². The Bertz CT molecular complexity index is 1070. The third-order valence-corrected chi connectivity index (χ3v) is 5.37. The summed E-state index contributed by atoms with van der Waals surface area (Å²) in [5.41, 5.74) is 0.359. The predicted molar refractivity (Wildman–Crippen MR) is 119 cm³/mol. The molecule has 3 aromatic carbocycles. The Morgan fingerprint density at radius 3 is 2.44 bits per heavy atom. The molecule has 0 amide bonds. The van der Waals surface area contributed by atoms with Crippen molar-refractivity contribution in [2.75, 3.05) is 11.3 Å². The highest BCUT2D eigenvalue weighted by Gasteiger charge is 2.31. The van der Waals surface area contributed by atoms with Crippen LogP contribution in [-0.2, 0) is 10.9 Å². The zero-order chi connectivity index (χ0) is 23.1. The average Bonchev–Trinajstić information content (AvgIpc) is 2.78. The molecule has 0 fully saturated rings. The molecule has 1 N–H and O–H groups in total. The fraction of sp³-hybridized carbons (Fsp3) is 0.174. The topological polar surface area (TPSA) is 47.6 Å². The SMILES string of the molecule is CCCOC(=O)c1ccccc1SNc1ccc(Oc2ccc(C(F)(F)F)cc2Cl)cc1. The quantitative estimate of drug-likeness (QED) is 0.262. The van der Waals surface area contributed by atoms with E-state index in [0.29, 0.717) is 22.8 Å². The minimum atomic E-state index is -4.47. The van der Waals surface area contributed by atoms with Crippen LogP contribution in [0.4, 0.5) is 18.9 Å². The lowest BCUT2D eigenvalue weighted by Crippen LogP contribution is -2.07. The molecule has 0 radical (unpaired) electrons. The van der Waals surface area contributed by atoms with Crippen molar-refractivity contribution in [3.63, 3.8) is 0 Å². The highest BCUT2D eigenvalue weighted by molar-refractivity contribution is 8.00. The van der Waals surface area contributed by atoms with E-state index in [4.69, 9.17) is 21.1 Å². The van der Waals surface area contributed by atoms with Gasteiger partial charge in [-0.3, -0.25) is 0 Å². The van der Waals surface area contributed by atoms with Crippen LogP contribution in [0.15, 0.2) is 71.6 Å². The van der Waals surface area contributed by atoms with Crippen LogP contribution in [0.2, 0.25) is 5.02 Å². The summed E-state index contributed by atoms with van der Waals surface area (Å²) in [6, 6.07) is 16.8. The fourth-order valence-electron chi connectivity index (χ4n) is 2.59. The molecule has 3 rings (SSSR count). The Labute approximate surface area is 192 Å². The largest absolute Gasteiger partial charge is 0.462 e. The van der Waals surface area contributed by atoms with Crippen LogP contribution in [0.1, 0.15) is 29.3 Å². The first-order valence-electron chi connectivity index (χ1n) is 9.61. The van der Waals surface area contributed by atoms with E-state index in [0.717, 1.165) is 24.2 Å². The molecule has 9 heteroatoms. The zero-order valence-corrected chi connectivity index (χ0v) is 18.5. The highest BCUT2D eigenvalue weighted by atomic mass is 35.5. The average molecular weight is 482 g/mol. The summed E-state index contributed by atoms with van der Waals surface area (Å²) in [5.74, 6) is 0.147. The van der Waals surface area contributed by atoms with Crippen molar-refractivity contribution in [2.24, 2.45) is 0 Å². The fourth-order valence-corrected chi connectivity index (χ4v) is 3.58. The van der Waals surface area contributed by atoms with Crippen LogP contribution in [-0.4, -0.2) is 12.6 Å². The van der Waals surface area contributed by atoms with Gasteiger partial charge in [-0.2, -0.15) is 13.2 Å². The molecule has 0 aromatic heterocycles. The minimum absolute atomic E-state index is 0.120. The maximum atomic E-state index is 12.8. The maximum absolute atomic E-state index is 12.8. The van der Waals surface area contributed by atoms with E-state index < -0.39 is 11.7 Å². The van der Waals surface area contributed by atoms with E-state index in [9.17, 15) is 18.0 Å². The minimum Gasteiger partial charge on any atom is -0.462 e. The van der Waals surface area contributed by atoms with Gasteiger partial charge in [-0.25, -0.2) is 4.79 Å². The molecule has 0 spiro atoms. The van der Waals surface area contributed by atoms with Crippen molar-refractivity contribution < 1.29 is 27.4 Å². The Hall–Kier alpha value is -2.84. The number of hydrogen-bond donors (Lipinski definition) is 1. The summed E-state index contributed by atoms with van der Waals surface area (Å²) >= 11 is 7.19. The molecule has 3 aromatic rings. The molecule has 0 atom stereocenters. The lowest BCUT2D eigenvalue weighted by Gasteiger charge is -2.12. The van der Waals surface area contributed by atoms with Gasteiger partial charge in [-0.05, 0) is 73.0 Å². The first kappa shape index (κ1) is 23.8. The predicted octanol–water partition coefficient (Wildman–Crippen LogP) is 7.84. The third kappa shape index (κ3) is 6.34. The summed E-state index contributed by atoms with van der Waals surface area (Å²) in [5, 5.41) is -0.135. The lowest BCUT2D eigenvalue weighted by molar-refractivity contribution is -0.137. The first-order chi connectivity index (χ1) is 15.3. The molecule has 0 unspecified atom stereocenters. The van der Waals surface area contributed by atoms with Gasteiger partial charge in [0.15, 0.2) is 0 Å². The molecule has 0 aliphatic carbocycles. The number of carbonyl (C=O) groups excluding carboxylic acids is 1. The second kappa shape index (κ2) is 10.7. The molecule has 0 aliphatic heterocycles. The second-order valence-electron chi connectivity index (χ2n) is 6.61. The summed E-state index contributed by atoms with van der Waals surface area (Å²) in [7, 11) is 0. The number of hydrogen-bond acceptors (Lipinski definition) is 5. The molecule has 4 nitrogen and oxygen atoms in total. The Morgan fingerprint density at radius 2 is 1.78 bits per heavy atom. The second-order valence-corrected chi connectivity index (χ2v) is 7.86. The van der Waals surface area contributed by atoms with Crippen LogP contribution in [0.5, 0.6) is 11.5 Å². The summed E-state index contributed by atoms with van der Waals surface area (Å²) in [6.07, 6.45) is -3.73. The Balaban J connectivity index is 1.63. The van der Waals surface area contributed by atoms with Gasteiger partial charge in [-0.15, -0.1) is 0 Å². The van der Waals surface area contributed by atoms with Crippen LogP contribution in [0.25, 0.3) is 0 Å². The number of rotatable bonds is 8. The van der Waals surface area contributed by atoms with E-state index >= 15 is 0 Å². The summed E-state index contributed by atoms with van der Waals surface area (Å²) < 4.78 is 52.2. The molecule has 0 saturated carbocycles. The highest BCUT2D eigenvalue weighted by Crippen LogP contribution is 2.36. The zero-order valence-electron chi connectivity index (χ0n) is 16.9. The van der Waals surface area contributed by atoms with Crippen molar-refractivity contribution >= 4 is 35.2 Å². The van der Waals surface area contributed by atoms with Crippen molar-refractivity contribution in [1.29, 1.82) is 0 Å². The van der Waals surface area contributed by atoms with Gasteiger partial charge in [0.1, 0.15) is 11.5 Å².